The lowest BCUT2D eigenvalue weighted by molar-refractivity contribution is -0.150. The van der Waals surface area contributed by atoms with Gasteiger partial charge in [-0.05, 0) is 31.2 Å². The smallest absolute Gasteiger partial charge is 0.326 e. The molecule has 1 aromatic carbocycles. The van der Waals surface area contributed by atoms with Gasteiger partial charge in [0, 0.05) is 5.56 Å². The number of benzene rings is 1. The molecule has 1 spiro atoms. The number of urea groups is 1. The summed E-state index contributed by atoms with van der Waals surface area (Å²) in [7, 11) is 0. The fourth-order valence-corrected chi connectivity index (χ4v) is 4.20. The van der Waals surface area contributed by atoms with Crippen LogP contribution in [0.5, 0.6) is 0 Å². The van der Waals surface area contributed by atoms with E-state index in [0.29, 0.717) is 12.2 Å². The van der Waals surface area contributed by atoms with E-state index in [1.807, 2.05) is 38.1 Å². The van der Waals surface area contributed by atoms with Crippen LogP contribution < -0.4 is 5.32 Å². The lowest BCUT2D eigenvalue weighted by Crippen LogP contribution is -2.54. The Morgan fingerprint density at radius 2 is 2.13 bits per heavy atom. The van der Waals surface area contributed by atoms with Crippen LogP contribution in [-0.2, 0) is 20.9 Å². The molecular formula is C21H24N4O5. The molecule has 1 N–H and O–H groups in total. The highest BCUT2D eigenvalue weighted by molar-refractivity contribution is 6.08. The molecule has 2 aromatic rings. The lowest BCUT2D eigenvalue weighted by atomic mass is 9.73. The molecule has 1 aromatic heterocycles. The van der Waals surface area contributed by atoms with Crippen molar-refractivity contribution < 1.29 is 23.6 Å². The van der Waals surface area contributed by atoms with E-state index < -0.39 is 24.1 Å². The van der Waals surface area contributed by atoms with Gasteiger partial charge in [-0.3, -0.25) is 14.5 Å². The second-order valence-corrected chi connectivity index (χ2v) is 7.93. The molecule has 0 radical (unpaired) electrons. The first kappa shape index (κ1) is 20.1. The summed E-state index contributed by atoms with van der Waals surface area (Å²) in [5.41, 5.74) is 0.918. The average molecular weight is 412 g/mol. The fourth-order valence-electron chi connectivity index (χ4n) is 4.20. The Kier molecular flexibility index (Phi) is 5.27. The minimum atomic E-state index is -0.898. The molecule has 3 amide bonds. The Bertz CT molecular complexity index is 987. The van der Waals surface area contributed by atoms with E-state index in [2.05, 4.69) is 15.5 Å². The molecule has 2 atom stereocenters. The second kappa shape index (κ2) is 7.89. The maximum atomic E-state index is 12.9. The number of nitrogens with one attached hydrogen (secondary N) is 1. The second-order valence-electron chi connectivity index (χ2n) is 7.93. The third kappa shape index (κ3) is 3.55. The van der Waals surface area contributed by atoms with Crippen LogP contribution in [0.3, 0.4) is 0 Å². The topological polar surface area (TPSA) is 115 Å². The van der Waals surface area contributed by atoms with Gasteiger partial charge in [-0.1, -0.05) is 49.2 Å². The number of ether oxygens (including phenoxy) is 1. The minimum absolute atomic E-state index is 0.0296. The van der Waals surface area contributed by atoms with Gasteiger partial charge in [-0.15, -0.1) is 0 Å². The van der Waals surface area contributed by atoms with E-state index in [9.17, 15) is 14.4 Å². The maximum absolute atomic E-state index is 12.9. The summed E-state index contributed by atoms with van der Waals surface area (Å²) >= 11 is 0. The Morgan fingerprint density at radius 1 is 1.33 bits per heavy atom. The number of amides is 3. The number of carbonyl (C=O) groups excluding carboxylic acids is 3. The van der Waals surface area contributed by atoms with Crippen molar-refractivity contribution in [3.63, 3.8) is 0 Å². The van der Waals surface area contributed by atoms with Gasteiger partial charge in [0.2, 0.25) is 5.82 Å². The molecule has 0 bridgehead atoms. The number of nitrogens with zero attached hydrogens (tertiary/aromatic N) is 3. The molecule has 1 saturated carbocycles. The van der Waals surface area contributed by atoms with Crippen molar-refractivity contribution >= 4 is 17.9 Å². The molecular weight excluding hydrogens is 388 g/mol. The number of esters is 1. The van der Waals surface area contributed by atoms with Crippen LogP contribution in [0.1, 0.15) is 44.1 Å². The van der Waals surface area contributed by atoms with Crippen LogP contribution >= 0.6 is 0 Å². The summed E-state index contributed by atoms with van der Waals surface area (Å²) in [4.78, 5) is 42.7. The number of rotatable bonds is 5. The van der Waals surface area contributed by atoms with Gasteiger partial charge in [0.05, 0.1) is 0 Å². The van der Waals surface area contributed by atoms with Gasteiger partial charge in [-0.2, -0.15) is 4.98 Å². The molecule has 2 fully saturated rings. The number of imide groups is 1. The first-order valence-corrected chi connectivity index (χ1v) is 10.1. The zero-order valence-electron chi connectivity index (χ0n) is 17.0. The van der Waals surface area contributed by atoms with Crippen molar-refractivity contribution in [3.8, 4) is 11.4 Å². The first-order valence-electron chi connectivity index (χ1n) is 10.1. The predicted molar refractivity (Wildman–Crippen MR) is 105 cm³/mol. The molecule has 9 heteroatoms. The van der Waals surface area contributed by atoms with Gasteiger partial charge < -0.3 is 14.6 Å². The van der Waals surface area contributed by atoms with Crippen molar-refractivity contribution in [3.05, 3.63) is 35.7 Å². The van der Waals surface area contributed by atoms with E-state index in [-0.39, 0.29) is 24.3 Å². The highest BCUT2D eigenvalue weighted by Crippen LogP contribution is 2.38. The normalized spacial score (nSPS) is 23.7. The SMILES string of the molecule is Cc1ccccc1-c1noc(COC(=O)CN2C(=O)N[C@]3(CCCC[C@H]3C)C2=O)n1. The lowest BCUT2D eigenvalue weighted by Gasteiger charge is -2.36. The molecule has 2 aliphatic rings. The van der Waals surface area contributed by atoms with E-state index in [4.69, 9.17) is 9.26 Å². The molecule has 4 rings (SSSR count). The standard InChI is InChI=1S/C21H24N4O5/c1-13-7-3-4-9-15(13)18-22-16(30-24-18)12-29-17(26)11-25-19(27)21(23-20(25)28)10-6-5-8-14(21)2/h3-4,7,9,14H,5-6,8,10-12H2,1-2H3,(H,23,28)/t14-,21+/m1/s1. The number of aromatic nitrogens is 2. The van der Waals surface area contributed by atoms with Gasteiger partial charge >= 0.3 is 12.0 Å². The molecule has 158 valence electrons. The van der Waals surface area contributed by atoms with Crippen LogP contribution in [0, 0.1) is 12.8 Å². The van der Waals surface area contributed by atoms with Crippen LogP contribution in [-0.4, -0.2) is 45.0 Å². The monoisotopic (exact) mass is 412 g/mol. The third-order valence-corrected chi connectivity index (χ3v) is 6.00. The molecule has 2 heterocycles. The fraction of sp³-hybridized carbons (Fsp3) is 0.476. The van der Waals surface area contributed by atoms with Crippen LogP contribution in [0.15, 0.2) is 28.8 Å². The molecule has 1 aliphatic carbocycles. The predicted octanol–water partition coefficient (Wildman–Crippen LogP) is 2.59. The molecule has 0 unspecified atom stereocenters. The average Bonchev–Trinajstić information content (AvgIpc) is 3.28. The Labute approximate surface area is 173 Å². The van der Waals surface area contributed by atoms with Crippen LogP contribution in [0.25, 0.3) is 11.4 Å². The zero-order chi connectivity index (χ0) is 21.3. The van der Waals surface area contributed by atoms with Crippen molar-refractivity contribution in [2.24, 2.45) is 5.92 Å². The number of aryl methyl sites for hydroxylation is 1. The Morgan fingerprint density at radius 3 is 2.90 bits per heavy atom. The first-order chi connectivity index (χ1) is 14.4. The van der Waals surface area contributed by atoms with E-state index in [1.165, 1.54) is 0 Å². The number of hydrogen-bond donors (Lipinski definition) is 1. The quantitative estimate of drug-likeness (QED) is 0.593. The van der Waals surface area contributed by atoms with E-state index >= 15 is 0 Å². The summed E-state index contributed by atoms with van der Waals surface area (Å²) in [6.45, 7) is 3.21. The van der Waals surface area contributed by atoms with Gasteiger partial charge in [0.15, 0.2) is 6.61 Å². The zero-order valence-corrected chi connectivity index (χ0v) is 17.0. The highest BCUT2D eigenvalue weighted by atomic mass is 16.6. The van der Waals surface area contributed by atoms with Gasteiger partial charge in [0.25, 0.3) is 11.8 Å². The van der Waals surface area contributed by atoms with E-state index in [0.717, 1.165) is 35.3 Å². The minimum Gasteiger partial charge on any atom is -0.454 e. The number of hydrogen-bond acceptors (Lipinski definition) is 7. The van der Waals surface area contributed by atoms with Gasteiger partial charge in [0.1, 0.15) is 12.1 Å². The highest BCUT2D eigenvalue weighted by Gasteiger charge is 2.55. The Balaban J connectivity index is 1.36. The number of carbonyl (C=O) groups is 3. The summed E-state index contributed by atoms with van der Waals surface area (Å²) in [6.07, 6.45) is 3.36. The summed E-state index contributed by atoms with van der Waals surface area (Å²) in [5.74, 6) is -0.495. The molecule has 1 aliphatic heterocycles. The third-order valence-electron chi connectivity index (χ3n) is 6.00. The Hall–Kier alpha value is -3.23. The molecule has 30 heavy (non-hydrogen) atoms. The maximum Gasteiger partial charge on any atom is 0.326 e. The van der Waals surface area contributed by atoms with Crippen LogP contribution in [0.4, 0.5) is 4.79 Å². The summed E-state index contributed by atoms with van der Waals surface area (Å²) < 4.78 is 10.3. The van der Waals surface area contributed by atoms with Crippen molar-refractivity contribution in [2.75, 3.05) is 6.54 Å². The van der Waals surface area contributed by atoms with Crippen molar-refractivity contribution in [2.45, 2.75) is 51.7 Å². The summed E-state index contributed by atoms with van der Waals surface area (Å²) in [5, 5.41) is 6.73. The summed E-state index contributed by atoms with van der Waals surface area (Å²) in [6, 6.07) is 7.04. The largest absolute Gasteiger partial charge is 0.454 e. The van der Waals surface area contributed by atoms with Crippen molar-refractivity contribution in [1.29, 1.82) is 0 Å². The van der Waals surface area contributed by atoms with Gasteiger partial charge in [-0.25, -0.2) is 4.79 Å². The molecule has 9 nitrogen and oxygen atoms in total. The van der Waals surface area contributed by atoms with Crippen LogP contribution in [0.2, 0.25) is 0 Å². The van der Waals surface area contributed by atoms with Crippen molar-refractivity contribution in [1.82, 2.24) is 20.4 Å². The molecule has 1 saturated heterocycles. The van der Waals surface area contributed by atoms with E-state index in [1.54, 1.807) is 0 Å².